The molecule has 0 N–H and O–H groups in total. The maximum Gasteiger partial charge on any atom is 0.434 e. The molecule has 114 valence electrons. The highest BCUT2D eigenvalue weighted by Crippen LogP contribution is 2.12. The van der Waals surface area contributed by atoms with E-state index in [1.807, 2.05) is 12.1 Å². The molecule has 6 nitrogen and oxygen atoms in total. The lowest BCUT2D eigenvalue weighted by atomic mass is 10.3. The summed E-state index contributed by atoms with van der Waals surface area (Å²) in [6, 6.07) is 17.2. The van der Waals surface area contributed by atoms with Gasteiger partial charge in [-0.3, -0.25) is 0 Å². The molecule has 2 amide bonds. The van der Waals surface area contributed by atoms with Crippen molar-refractivity contribution in [3.8, 4) is 11.5 Å². The standard InChI is InChI=1S/C16H16N2O4/c1-17(15(19)21-13-9-5-3-6-10-13)18(2)16(20)22-14-11-7-4-8-12-14/h3-12H,1-2H3. The number of carbonyl (C=O) groups is 2. The van der Waals surface area contributed by atoms with Gasteiger partial charge in [0, 0.05) is 14.1 Å². The van der Waals surface area contributed by atoms with Gasteiger partial charge in [0.2, 0.25) is 0 Å². The molecule has 0 bridgehead atoms. The molecule has 0 radical (unpaired) electrons. The van der Waals surface area contributed by atoms with Crippen LogP contribution in [-0.2, 0) is 0 Å². The first-order valence-electron chi connectivity index (χ1n) is 6.59. The van der Waals surface area contributed by atoms with E-state index < -0.39 is 12.2 Å². The summed E-state index contributed by atoms with van der Waals surface area (Å²) in [4.78, 5) is 23.9. The van der Waals surface area contributed by atoms with Crippen molar-refractivity contribution in [1.29, 1.82) is 0 Å². The fourth-order valence-corrected chi connectivity index (χ4v) is 1.56. The van der Waals surface area contributed by atoms with E-state index in [0.29, 0.717) is 11.5 Å². The molecule has 0 aliphatic rings. The van der Waals surface area contributed by atoms with Gasteiger partial charge in [0.25, 0.3) is 0 Å². The summed E-state index contributed by atoms with van der Waals surface area (Å²) in [5, 5.41) is 2.05. The quantitative estimate of drug-likeness (QED) is 0.799. The predicted molar refractivity (Wildman–Crippen MR) is 80.5 cm³/mol. The highest BCUT2D eigenvalue weighted by atomic mass is 16.6. The number of ether oxygens (including phenoxy) is 2. The van der Waals surface area contributed by atoms with Crippen LogP contribution in [-0.4, -0.2) is 36.3 Å². The largest absolute Gasteiger partial charge is 0.434 e. The van der Waals surface area contributed by atoms with Gasteiger partial charge in [-0.05, 0) is 24.3 Å². The maximum absolute atomic E-state index is 12.0. The van der Waals surface area contributed by atoms with E-state index in [1.165, 1.54) is 14.1 Å². The van der Waals surface area contributed by atoms with Crippen molar-refractivity contribution >= 4 is 12.2 Å². The molecule has 2 aromatic rings. The number of rotatable bonds is 2. The maximum atomic E-state index is 12.0. The van der Waals surface area contributed by atoms with E-state index in [2.05, 4.69) is 0 Å². The Kier molecular flexibility index (Phi) is 4.98. The Balaban J connectivity index is 1.94. The third kappa shape index (κ3) is 3.99. The second-order valence-electron chi connectivity index (χ2n) is 4.41. The second-order valence-corrected chi connectivity index (χ2v) is 4.41. The third-order valence-electron chi connectivity index (χ3n) is 2.88. The lowest BCUT2D eigenvalue weighted by Crippen LogP contribution is -2.47. The van der Waals surface area contributed by atoms with Gasteiger partial charge in [-0.1, -0.05) is 36.4 Å². The van der Waals surface area contributed by atoms with Gasteiger partial charge in [-0.15, -0.1) is 0 Å². The predicted octanol–water partition coefficient (Wildman–Crippen LogP) is 3.16. The average Bonchev–Trinajstić information content (AvgIpc) is 2.55. The number of hydrogen-bond acceptors (Lipinski definition) is 4. The van der Waals surface area contributed by atoms with Crippen LogP contribution in [0.3, 0.4) is 0 Å². The van der Waals surface area contributed by atoms with Crippen LogP contribution >= 0.6 is 0 Å². The monoisotopic (exact) mass is 300 g/mol. The zero-order chi connectivity index (χ0) is 15.9. The van der Waals surface area contributed by atoms with Gasteiger partial charge in [-0.25, -0.2) is 19.6 Å². The van der Waals surface area contributed by atoms with Crippen molar-refractivity contribution in [3.05, 3.63) is 60.7 Å². The molecule has 2 aromatic carbocycles. The molecule has 2 rings (SSSR count). The molecular weight excluding hydrogens is 284 g/mol. The number of hydrazine groups is 1. The Morgan fingerprint density at radius 3 is 1.32 bits per heavy atom. The smallest absolute Gasteiger partial charge is 0.409 e. The molecule has 0 saturated carbocycles. The molecule has 0 spiro atoms. The Hall–Kier alpha value is -3.02. The lowest BCUT2D eigenvalue weighted by Gasteiger charge is -2.26. The molecule has 0 aliphatic heterocycles. The van der Waals surface area contributed by atoms with Crippen LogP contribution in [0.5, 0.6) is 11.5 Å². The van der Waals surface area contributed by atoms with Crippen molar-refractivity contribution in [2.75, 3.05) is 14.1 Å². The van der Waals surface area contributed by atoms with Crippen molar-refractivity contribution in [1.82, 2.24) is 10.0 Å². The molecule has 0 aromatic heterocycles. The Bertz CT molecular complexity index is 574. The summed E-state index contributed by atoms with van der Waals surface area (Å²) in [6.07, 6.45) is -1.39. The van der Waals surface area contributed by atoms with Crippen molar-refractivity contribution in [2.45, 2.75) is 0 Å². The van der Waals surface area contributed by atoms with E-state index in [1.54, 1.807) is 48.5 Å². The second kappa shape index (κ2) is 7.12. The minimum Gasteiger partial charge on any atom is -0.409 e. The summed E-state index contributed by atoms with van der Waals surface area (Å²) in [5.41, 5.74) is 0. The zero-order valence-corrected chi connectivity index (χ0v) is 12.3. The molecule has 22 heavy (non-hydrogen) atoms. The van der Waals surface area contributed by atoms with Crippen LogP contribution < -0.4 is 9.47 Å². The number of carbonyl (C=O) groups excluding carboxylic acids is 2. The van der Waals surface area contributed by atoms with E-state index in [0.717, 1.165) is 10.0 Å². The first kappa shape index (κ1) is 15.4. The van der Waals surface area contributed by atoms with Gasteiger partial charge in [-0.2, -0.15) is 0 Å². The summed E-state index contributed by atoms with van der Waals surface area (Å²) in [5.74, 6) is 0.786. The number of para-hydroxylation sites is 2. The fourth-order valence-electron chi connectivity index (χ4n) is 1.56. The topological polar surface area (TPSA) is 59.1 Å². The van der Waals surface area contributed by atoms with Crippen LogP contribution in [0.25, 0.3) is 0 Å². The van der Waals surface area contributed by atoms with Gasteiger partial charge in [0.05, 0.1) is 0 Å². The van der Waals surface area contributed by atoms with E-state index in [9.17, 15) is 9.59 Å². The van der Waals surface area contributed by atoms with Crippen LogP contribution in [0.2, 0.25) is 0 Å². The Labute approximate surface area is 128 Å². The van der Waals surface area contributed by atoms with Gasteiger partial charge < -0.3 is 9.47 Å². The Morgan fingerprint density at radius 1 is 0.682 bits per heavy atom. The van der Waals surface area contributed by atoms with Crippen molar-refractivity contribution < 1.29 is 19.1 Å². The molecule has 0 saturated heterocycles. The highest BCUT2D eigenvalue weighted by Gasteiger charge is 2.22. The molecule has 0 heterocycles. The van der Waals surface area contributed by atoms with Gasteiger partial charge in [0.1, 0.15) is 11.5 Å². The lowest BCUT2D eigenvalue weighted by molar-refractivity contribution is 0.0429. The molecule has 0 unspecified atom stereocenters. The number of amides is 2. The first-order chi connectivity index (χ1) is 10.6. The van der Waals surface area contributed by atoms with Crippen molar-refractivity contribution in [2.24, 2.45) is 0 Å². The normalized spacial score (nSPS) is 9.73. The highest BCUT2D eigenvalue weighted by molar-refractivity contribution is 5.76. The summed E-state index contributed by atoms with van der Waals surface area (Å²) in [6.45, 7) is 0. The van der Waals surface area contributed by atoms with Crippen LogP contribution in [0, 0.1) is 0 Å². The van der Waals surface area contributed by atoms with Crippen LogP contribution in [0.4, 0.5) is 9.59 Å². The SMILES string of the molecule is CN(C(=O)Oc1ccccc1)N(C)C(=O)Oc1ccccc1. The molecule has 6 heteroatoms. The summed E-state index contributed by atoms with van der Waals surface area (Å²) in [7, 11) is 2.83. The number of nitrogens with zero attached hydrogens (tertiary/aromatic N) is 2. The molecule has 0 fully saturated rings. The summed E-state index contributed by atoms with van der Waals surface area (Å²) < 4.78 is 10.3. The van der Waals surface area contributed by atoms with Gasteiger partial charge >= 0.3 is 12.2 Å². The number of benzene rings is 2. The van der Waals surface area contributed by atoms with E-state index in [-0.39, 0.29) is 0 Å². The third-order valence-corrected chi connectivity index (χ3v) is 2.88. The minimum atomic E-state index is -0.696. The molecule has 0 aliphatic carbocycles. The van der Waals surface area contributed by atoms with Crippen molar-refractivity contribution in [3.63, 3.8) is 0 Å². The number of hydrogen-bond donors (Lipinski definition) is 0. The Morgan fingerprint density at radius 2 is 1.00 bits per heavy atom. The van der Waals surface area contributed by atoms with E-state index >= 15 is 0 Å². The average molecular weight is 300 g/mol. The fraction of sp³-hybridized carbons (Fsp3) is 0.125. The van der Waals surface area contributed by atoms with Gasteiger partial charge in [0.15, 0.2) is 0 Å². The van der Waals surface area contributed by atoms with Crippen LogP contribution in [0.15, 0.2) is 60.7 Å². The zero-order valence-electron chi connectivity index (χ0n) is 12.3. The summed E-state index contributed by atoms with van der Waals surface area (Å²) >= 11 is 0. The minimum absolute atomic E-state index is 0.393. The van der Waals surface area contributed by atoms with Crippen LogP contribution in [0.1, 0.15) is 0 Å². The molecule has 0 atom stereocenters. The first-order valence-corrected chi connectivity index (χ1v) is 6.59. The van der Waals surface area contributed by atoms with E-state index in [4.69, 9.17) is 9.47 Å². The molecular formula is C16H16N2O4.